The molecule has 1 aliphatic rings. The van der Waals surface area contributed by atoms with E-state index >= 15 is 0 Å². The second-order valence-corrected chi connectivity index (χ2v) is 11.9. The lowest BCUT2D eigenvalue weighted by Gasteiger charge is -2.30. The Morgan fingerprint density at radius 2 is 1.75 bits per heavy atom. The highest BCUT2D eigenvalue weighted by Gasteiger charge is 2.26. The van der Waals surface area contributed by atoms with E-state index in [1.54, 1.807) is 6.92 Å². The minimum Gasteiger partial charge on any atom is -0.392 e. The summed E-state index contributed by atoms with van der Waals surface area (Å²) in [6.45, 7) is 14.3. The van der Waals surface area contributed by atoms with Gasteiger partial charge in [-0.2, -0.15) is 5.10 Å². The summed E-state index contributed by atoms with van der Waals surface area (Å²) in [5, 5.41) is 20.5. The highest BCUT2D eigenvalue weighted by molar-refractivity contribution is 6.03. The third-order valence-electron chi connectivity index (χ3n) is 7.58. The predicted molar refractivity (Wildman–Crippen MR) is 184 cm³/mol. The highest BCUT2D eigenvalue weighted by atomic mass is 16.3. The summed E-state index contributed by atoms with van der Waals surface area (Å²) in [7, 11) is 0. The van der Waals surface area contributed by atoms with E-state index in [0.717, 1.165) is 42.6 Å². The smallest absolute Gasteiger partial charge is 0.222 e. The second-order valence-electron chi connectivity index (χ2n) is 11.9. The number of hydrazone groups is 1. The maximum Gasteiger partial charge on any atom is 0.222 e. The topological polar surface area (TPSA) is 115 Å². The molecule has 8 nitrogen and oxygen atoms in total. The molecule has 0 bridgehead atoms. The van der Waals surface area contributed by atoms with Gasteiger partial charge in [0.25, 0.3) is 0 Å². The normalized spacial score (nSPS) is 15.8. The number of nitrogens with zero attached hydrogens (tertiary/aromatic N) is 2. The zero-order chi connectivity index (χ0) is 32.1. The molecule has 4 rings (SSSR count). The summed E-state index contributed by atoms with van der Waals surface area (Å²) in [6.07, 6.45) is 1.68. The number of hydrogen-bond acceptors (Lipinski definition) is 6. The lowest BCUT2D eigenvalue weighted by atomic mass is 9.98. The molecule has 8 heteroatoms. The summed E-state index contributed by atoms with van der Waals surface area (Å²) in [5.41, 5.74) is 15.5. The first kappa shape index (κ1) is 34.6. The molecule has 3 aromatic carbocycles. The number of rotatable bonds is 12. The largest absolute Gasteiger partial charge is 0.392 e. The maximum absolute atomic E-state index is 13.1. The van der Waals surface area contributed by atoms with Gasteiger partial charge in [0, 0.05) is 55.4 Å². The number of benzene rings is 3. The van der Waals surface area contributed by atoms with Crippen molar-refractivity contribution >= 4 is 17.4 Å². The fourth-order valence-corrected chi connectivity index (χ4v) is 5.44. The summed E-state index contributed by atoms with van der Waals surface area (Å²) in [5.74, 6) is 0.488. The number of nitrogens with two attached hydrogens (primary N) is 1. The molecule has 3 aromatic rings. The molecule has 0 radical (unpaired) electrons. The van der Waals surface area contributed by atoms with Gasteiger partial charge >= 0.3 is 0 Å². The Bertz CT molecular complexity index is 1350. The van der Waals surface area contributed by atoms with Gasteiger partial charge in [-0.05, 0) is 68.9 Å². The molecule has 6 N–H and O–H groups in total. The molecule has 0 aliphatic carbocycles. The van der Waals surface area contributed by atoms with E-state index in [1.165, 1.54) is 16.8 Å². The molecule has 1 amide bonds. The molecule has 0 fully saturated rings. The number of anilines is 1. The maximum atomic E-state index is 13.1. The standard InChI is InChI=1S/C34H46N6O2.C2H6/c1-5-37-39-33(35)30-12-8-7-11-29(30)26-16-14-25(15-17-26)22-40-23-28(19-18-27-10-6-9-13-31(27)40)38-32(42)20-34(3,4)36-21-24(2)41;1-2/h6-17,24,28,36-37,41H,5,18-23H2,1-4H3,(H2,35,39)(H,38,42);1-2H3. The van der Waals surface area contributed by atoms with Crippen LogP contribution in [0.5, 0.6) is 0 Å². The van der Waals surface area contributed by atoms with Crippen LogP contribution in [0.3, 0.4) is 0 Å². The van der Waals surface area contributed by atoms with Gasteiger partial charge in [-0.25, -0.2) is 0 Å². The van der Waals surface area contributed by atoms with E-state index in [2.05, 4.69) is 80.7 Å². The lowest BCUT2D eigenvalue weighted by molar-refractivity contribution is -0.123. The molecule has 0 spiro atoms. The quantitative estimate of drug-likeness (QED) is 0.111. The second kappa shape index (κ2) is 16.8. The number of carbonyl (C=O) groups is 1. The number of amides is 1. The number of hydrogen-bond donors (Lipinski definition) is 5. The van der Waals surface area contributed by atoms with Gasteiger partial charge in [-0.1, -0.05) is 80.6 Å². The van der Waals surface area contributed by atoms with E-state index in [1.807, 2.05) is 52.8 Å². The Kier molecular flexibility index (Phi) is 13.2. The molecule has 44 heavy (non-hydrogen) atoms. The number of para-hydroxylation sites is 1. The molecule has 238 valence electrons. The molecule has 1 aliphatic heterocycles. The van der Waals surface area contributed by atoms with Crippen LogP contribution in [-0.2, 0) is 17.8 Å². The number of fused-ring (bicyclic) bond motifs is 1. The minimum absolute atomic E-state index is 0.0222. The van der Waals surface area contributed by atoms with Gasteiger partial charge in [-0.3, -0.25) is 4.79 Å². The Hall–Kier alpha value is -3.88. The van der Waals surface area contributed by atoms with Crippen molar-refractivity contribution in [1.29, 1.82) is 0 Å². The van der Waals surface area contributed by atoms with Crippen LogP contribution in [0.15, 0.2) is 77.9 Å². The van der Waals surface area contributed by atoms with Crippen LogP contribution in [0.2, 0.25) is 0 Å². The summed E-state index contributed by atoms with van der Waals surface area (Å²) in [4.78, 5) is 15.5. The summed E-state index contributed by atoms with van der Waals surface area (Å²) in [6, 6.07) is 25.2. The zero-order valence-electron chi connectivity index (χ0n) is 27.4. The average molecular weight is 601 g/mol. The molecule has 0 saturated heterocycles. The summed E-state index contributed by atoms with van der Waals surface area (Å²) >= 11 is 0. The third-order valence-corrected chi connectivity index (χ3v) is 7.58. The monoisotopic (exact) mass is 600 g/mol. The van der Waals surface area contributed by atoms with Crippen molar-refractivity contribution < 1.29 is 9.90 Å². The van der Waals surface area contributed by atoms with Crippen molar-refractivity contribution in [3.63, 3.8) is 0 Å². The van der Waals surface area contributed by atoms with Crippen molar-refractivity contribution in [2.45, 2.75) is 85.0 Å². The molecule has 2 atom stereocenters. The molecular formula is C36H52N6O2. The van der Waals surface area contributed by atoms with Crippen LogP contribution < -0.4 is 26.7 Å². The lowest BCUT2D eigenvalue weighted by Crippen LogP contribution is -2.49. The van der Waals surface area contributed by atoms with Crippen LogP contribution in [0.4, 0.5) is 5.69 Å². The van der Waals surface area contributed by atoms with Gasteiger partial charge in [0.15, 0.2) is 5.84 Å². The zero-order valence-corrected chi connectivity index (χ0v) is 27.4. The highest BCUT2D eigenvalue weighted by Crippen LogP contribution is 2.29. The SMILES string of the molecule is CC.CCN/N=C(\N)c1ccccc1-c1ccc(CN2CC(NC(=O)CC(C)(C)NCC(C)O)CCc3ccccc32)cc1. The van der Waals surface area contributed by atoms with Gasteiger partial charge in [0.2, 0.25) is 5.91 Å². The fourth-order valence-electron chi connectivity index (χ4n) is 5.44. The molecule has 0 aromatic heterocycles. The Morgan fingerprint density at radius 1 is 1.07 bits per heavy atom. The molecule has 0 saturated carbocycles. The molecule has 1 heterocycles. The van der Waals surface area contributed by atoms with E-state index in [9.17, 15) is 9.90 Å². The van der Waals surface area contributed by atoms with Gasteiger partial charge in [-0.15, -0.1) is 0 Å². The average Bonchev–Trinajstić information content (AvgIpc) is 3.19. The van der Waals surface area contributed by atoms with Crippen molar-refractivity contribution in [2.75, 3.05) is 24.5 Å². The Morgan fingerprint density at radius 3 is 2.45 bits per heavy atom. The number of aliphatic hydroxyl groups is 1. The number of amidine groups is 1. The van der Waals surface area contributed by atoms with Gasteiger partial charge in [0.1, 0.15) is 0 Å². The number of aliphatic hydroxyl groups excluding tert-OH is 1. The van der Waals surface area contributed by atoms with Crippen molar-refractivity contribution in [1.82, 2.24) is 16.1 Å². The number of β-amino-alcohol motifs (C(OH)–C–C–N with tert-alkyl or cyclic N) is 1. The Labute approximate surface area is 264 Å². The van der Waals surface area contributed by atoms with Gasteiger partial charge in [0.05, 0.1) is 6.10 Å². The Balaban J connectivity index is 0.00000259. The van der Waals surface area contributed by atoms with Crippen molar-refractivity contribution in [3.05, 3.63) is 89.5 Å². The van der Waals surface area contributed by atoms with E-state index in [0.29, 0.717) is 25.3 Å². The first-order valence-electron chi connectivity index (χ1n) is 15.9. The van der Waals surface area contributed by atoms with E-state index in [4.69, 9.17) is 5.73 Å². The fraction of sp³-hybridized carbons (Fsp3) is 0.444. The van der Waals surface area contributed by atoms with Crippen molar-refractivity contribution in [3.8, 4) is 11.1 Å². The van der Waals surface area contributed by atoms with Crippen LogP contribution in [0.1, 0.15) is 71.1 Å². The van der Waals surface area contributed by atoms with Crippen molar-refractivity contribution in [2.24, 2.45) is 10.8 Å². The first-order valence-corrected chi connectivity index (χ1v) is 15.9. The number of nitrogens with one attached hydrogen (secondary N) is 3. The predicted octanol–water partition coefficient (Wildman–Crippen LogP) is 5.19. The molecular weight excluding hydrogens is 548 g/mol. The van der Waals surface area contributed by atoms with Crippen LogP contribution in [0.25, 0.3) is 11.1 Å². The van der Waals surface area contributed by atoms with Crippen LogP contribution in [-0.4, -0.2) is 54.2 Å². The van der Waals surface area contributed by atoms with E-state index in [-0.39, 0.29) is 11.9 Å². The molecule has 2 unspecified atom stereocenters. The first-order chi connectivity index (χ1) is 21.1. The van der Waals surface area contributed by atoms with Crippen LogP contribution >= 0.6 is 0 Å². The summed E-state index contributed by atoms with van der Waals surface area (Å²) < 4.78 is 0. The third kappa shape index (κ3) is 10.1. The minimum atomic E-state index is -0.458. The number of carbonyl (C=O) groups excluding carboxylic acids is 1. The van der Waals surface area contributed by atoms with Crippen LogP contribution in [0, 0.1) is 0 Å². The van der Waals surface area contributed by atoms with Gasteiger partial charge < -0.3 is 31.8 Å². The van der Waals surface area contributed by atoms with E-state index < -0.39 is 11.6 Å². The number of aryl methyl sites for hydroxylation is 1.